The van der Waals surface area contributed by atoms with E-state index in [1.54, 1.807) is 119 Å². The highest BCUT2D eigenvalue weighted by atomic mass is 16.9. The lowest BCUT2D eigenvalue weighted by Crippen LogP contribution is -2.47. The van der Waals surface area contributed by atoms with Gasteiger partial charge in [-0.25, -0.2) is 0 Å². The Hall–Kier alpha value is -6.84. The number of carbonyl (C=O) groups is 8. The molecule has 34 heteroatoms. The lowest BCUT2D eigenvalue weighted by Gasteiger charge is -2.26. The van der Waals surface area contributed by atoms with Gasteiger partial charge in [-0.1, -0.05) is 12.1 Å². The third-order valence-corrected chi connectivity index (χ3v) is 16.0. The van der Waals surface area contributed by atoms with Crippen LogP contribution < -0.4 is 21.3 Å². The van der Waals surface area contributed by atoms with Crippen LogP contribution in [-0.4, -0.2) is 222 Å². The SMILES string of the molecule is CCOC(=O)CNC(=O)[C@H]1O[C@@H]2OC(C)(C)O[C@@H]2[C@H]1OCc1cc(CO[C@@H]2[C@H]3OC(C)(C)O[C@H]3O[C@@H]2C(=O)NCC(=O)OCC)cc(N=Nc2cc(CO[C@@H]3[C@H]4OC(C)(C)O[C@H]4O[C@@H]3C(=O)NCC(=O)OCC)cc(CO[C@@H]3[C@H]4OC(C)(C)O[C@H]4O[C@@H]3C(=O)NCC(=O)OCC)c2)c1. The van der Waals surface area contributed by atoms with Crippen LogP contribution in [0.15, 0.2) is 46.6 Å². The Morgan fingerprint density at radius 1 is 0.347 bits per heavy atom. The molecule has 16 atom stereocenters. The van der Waals surface area contributed by atoms with Crippen LogP contribution in [0.2, 0.25) is 0 Å². The highest BCUT2D eigenvalue weighted by Crippen LogP contribution is 2.44. The molecule has 10 rings (SSSR count). The molecule has 0 bridgehead atoms. The van der Waals surface area contributed by atoms with E-state index in [1.165, 1.54) is 0 Å². The second-order valence-corrected chi connectivity index (χ2v) is 25.5. The van der Waals surface area contributed by atoms with Crippen molar-refractivity contribution in [2.75, 3.05) is 52.6 Å². The molecule has 0 aromatic heterocycles. The normalized spacial score (nSPS) is 31.0. The Labute approximate surface area is 564 Å². The summed E-state index contributed by atoms with van der Waals surface area (Å²) in [6.07, 6.45) is -17.5. The van der Waals surface area contributed by atoms with Crippen LogP contribution in [0.3, 0.4) is 0 Å². The molecule has 8 heterocycles. The number of nitrogens with one attached hydrogen (secondary N) is 4. The Kier molecular flexibility index (Phi) is 23.6. The van der Waals surface area contributed by atoms with E-state index in [0.29, 0.717) is 22.3 Å². The van der Waals surface area contributed by atoms with Crippen molar-refractivity contribution in [3.8, 4) is 0 Å². The number of hydrogen-bond acceptors (Lipinski definition) is 30. The van der Waals surface area contributed by atoms with Gasteiger partial charge < -0.3 is 116 Å². The summed E-state index contributed by atoms with van der Waals surface area (Å²) in [6.45, 7) is 17.6. The lowest BCUT2D eigenvalue weighted by atomic mass is 10.1. The first-order valence-electron chi connectivity index (χ1n) is 32.4. The van der Waals surface area contributed by atoms with E-state index in [9.17, 15) is 38.4 Å². The summed E-state index contributed by atoms with van der Waals surface area (Å²) in [7, 11) is 0. The first kappa shape index (κ1) is 73.9. The smallest absolute Gasteiger partial charge is 0.325 e. The van der Waals surface area contributed by atoms with E-state index >= 15 is 0 Å². The predicted octanol–water partition coefficient (Wildman–Crippen LogP) is 1.87. The number of benzene rings is 2. The zero-order chi connectivity index (χ0) is 70.4. The molecule has 4 amide bonds. The second kappa shape index (κ2) is 31.4. The summed E-state index contributed by atoms with van der Waals surface area (Å²) < 4.78 is 119. The number of nitrogens with zero attached hydrogens (tertiary/aromatic N) is 2. The van der Waals surface area contributed by atoms with Gasteiger partial charge in [-0.15, -0.1) is 0 Å². The highest BCUT2D eigenvalue weighted by molar-refractivity contribution is 5.88. The minimum atomic E-state index is -1.32. The van der Waals surface area contributed by atoms with Gasteiger partial charge >= 0.3 is 23.9 Å². The van der Waals surface area contributed by atoms with E-state index in [4.69, 9.17) is 105 Å². The number of azo groups is 1. The maximum Gasteiger partial charge on any atom is 0.325 e. The molecule has 98 heavy (non-hydrogen) atoms. The molecule has 0 saturated carbocycles. The van der Waals surface area contributed by atoms with Crippen molar-refractivity contribution < 1.29 is 133 Å². The molecule has 8 fully saturated rings. The average Bonchev–Trinajstić information content (AvgIpc) is 1.64. The molecule has 2 aromatic rings. The van der Waals surface area contributed by atoms with Crippen molar-refractivity contribution in [2.24, 2.45) is 10.2 Å². The number of rotatable bonds is 30. The third-order valence-electron chi connectivity index (χ3n) is 16.0. The van der Waals surface area contributed by atoms with Gasteiger partial charge in [0.05, 0.1) is 64.2 Å². The van der Waals surface area contributed by atoms with Gasteiger partial charge in [-0.3, -0.25) is 38.4 Å². The van der Waals surface area contributed by atoms with E-state index in [-0.39, 0.29) is 64.2 Å². The lowest BCUT2D eigenvalue weighted by molar-refractivity contribution is -0.219. The maximum atomic E-state index is 13.7. The first-order chi connectivity index (χ1) is 46.5. The number of ether oxygens (including phenoxy) is 20. The van der Waals surface area contributed by atoms with Crippen LogP contribution in [0.5, 0.6) is 0 Å². The van der Waals surface area contributed by atoms with Gasteiger partial charge in [0.2, 0.25) is 0 Å². The van der Waals surface area contributed by atoms with Crippen molar-refractivity contribution in [3.63, 3.8) is 0 Å². The maximum absolute atomic E-state index is 13.7. The van der Waals surface area contributed by atoms with E-state index in [2.05, 4.69) is 21.3 Å². The molecule has 0 aliphatic carbocycles. The number of esters is 4. The molecule has 8 aliphatic rings. The summed E-state index contributed by atoms with van der Waals surface area (Å²) in [5.41, 5.74) is 2.25. The molecule has 540 valence electrons. The van der Waals surface area contributed by atoms with E-state index in [1.807, 2.05) is 0 Å². The quantitative estimate of drug-likeness (QED) is 0.0492. The zero-order valence-corrected chi connectivity index (χ0v) is 56.5. The number of carbonyl (C=O) groups excluding carboxylic acids is 8. The molecule has 0 unspecified atom stereocenters. The molecule has 0 radical (unpaired) electrons. The molecule has 0 spiro atoms. The molecule has 4 N–H and O–H groups in total. The van der Waals surface area contributed by atoms with Crippen LogP contribution in [0.1, 0.15) is 105 Å². The van der Waals surface area contributed by atoms with Crippen LogP contribution in [-0.2, 0) is 160 Å². The summed E-state index contributed by atoms with van der Waals surface area (Å²) >= 11 is 0. The second-order valence-electron chi connectivity index (χ2n) is 25.5. The van der Waals surface area contributed by atoms with Crippen molar-refractivity contribution >= 4 is 58.9 Å². The van der Waals surface area contributed by atoms with Crippen LogP contribution in [0.4, 0.5) is 11.4 Å². The fraction of sp³-hybridized carbons (Fsp3) is 0.688. The minimum absolute atomic E-state index is 0.0928. The molecule has 8 saturated heterocycles. The van der Waals surface area contributed by atoms with E-state index < -0.39 is 195 Å². The molecular formula is C64H86N6O28. The van der Waals surface area contributed by atoms with Gasteiger partial charge in [0.25, 0.3) is 23.6 Å². The third kappa shape index (κ3) is 18.4. The molecule has 34 nitrogen and oxygen atoms in total. The van der Waals surface area contributed by atoms with E-state index in [0.717, 1.165) is 0 Å². The Bertz CT molecular complexity index is 2870. The zero-order valence-electron chi connectivity index (χ0n) is 56.5. The van der Waals surface area contributed by atoms with Crippen LogP contribution >= 0.6 is 0 Å². The minimum Gasteiger partial charge on any atom is -0.465 e. The molecule has 2 aromatic carbocycles. The van der Waals surface area contributed by atoms with Crippen molar-refractivity contribution in [1.29, 1.82) is 0 Å². The van der Waals surface area contributed by atoms with Crippen molar-refractivity contribution in [1.82, 2.24) is 21.3 Å². The van der Waals surface area contributed by atoms with Crippen molar-refractivity contribution in [3.05, 3.63) is 58.7 Å². The van der Waals surface area contributed by atoms with Crippen molar-refractivity contribution in [2.45, 2.75) is 231 Å². The summed E-state index contributed by atoms with van der Waals surface area (Å²) in [6, 6.07) is 10.1. The summed E-state index contributed by atoms with van der Waals surface area (Å²) in [5.74, 6) is -9.98. The van der Waals surface area contributed by atoms with Gasteiger partial charge in [0, 0.05) is 0 Å². The van der Waals surface area contributed by atoms with Gasteiger partial charge in [0.1, 0.15) is 75.0 Å². The van der Waals surface area contributed by atoms with Crippen LogP contribution in [0, 0.1) is 0 Å². The van der Waals surface area contributed by atoms with Gasteiger partial charge in [-0.05, 0) is 130 Å². The summed E-state index contributed by atoms with van der Waals surface area (Å²) in [5, 5.41) is 19.6. The average molecular weight is 1390 g/mol. The molecule has 8 aliphatic heterocycles. The monoisotopic (exact) mass is 1390 g/mol. The largest absolute Gasteiger partial charge is 0.465 e. The Morgan fingerprint density at radius 3 is 0.765 bits per heavy atom. The Balaban J connectivity index is 0.974. The number of fused-ring (bicyclic) bond motifs is 4. The number of hydrogen-bond donors (Lipinski definition) is 4. The fourth-order valence-corrected chi connectivity index (χ4v) is 12.2. The molecular weight excluding hydrogens is 1300 g/mol. The van der Waals surface area contributed by atoms with Gasteiger partial charge in [-0.2, -0.15) is 10.2 Å². The standard InChI is InChI=1S/C64H86N6O28/c1-13-79-37(71)23-65-53(75)45-41(49-57(87-45)95-61(5,6)91-49)83-27-31-17-32(28-84-42-46(54(76)66-24-38(72)80-14-2)88-58-50(42)92-62(7,8)96-58)20-35(19-31)69-70-36-21-33(29-85-43-47(55(77)67-25-39(73)81-15-3)89-59-51(43)93-63(9,10)97-59)18-34(22-36)30-86-44-48(56(78)68-26-40(74)82-16-4)90-60-52(44)94-64(11,12)98-60/h17-22,41-52,57-60H,13-16,23-30H2,1-12H3,(H,65,75)(H,66,76)(H,67,77)(H,68,78)/t41-,42-,43-,44-,45-,46-,47-,48-,49+,50+,51+,52+,57+,58+,59+,60+/m0/s1. The Morgan fingerprint density at radius 2 is 0.561 bits per heavy atom. The first-order valence-corrected chi connectivity index (χ1v) is 32.4. The fourth-order valence-electron chi connectivity index (χ4n) is 12.2. The highest BCUT2D eigenvalue weighted by Gasteiger charge is 2.61. The predicted molar refractivity (Wildman–Crippen MR) is 325 cm³/mol. The topological polar surface area (TPSA) is 394 Å². The van der Waals surface area contributed by atoms with Gasteiger partial charge in [0.15, 0.2) is 72.7 Å². The number of amides is 4. The van der Waals surface area contributed by atoms with Crippen LogP contribution in [0.25, 0.3) is 0 Å². The summed E-state index contributed by atoms with van der Waals surface area (Å²) in [4.78, 5) is 104.